The molecule has 2 heterocycles. The highest BCUT2D eigenvalue weighted by Crippen LogP contribution is 2.31. The molecule has 2 aromatic heterocycles. The van der Waals surface area contributed by atoms with E-state index >= 15 is 0 Å². The predicted molar refractivity (Wildman–Crippen MR) is 103 cm³/mol. The molecule has 1 atom stereocenters. The molecule has 0 aliphatic heterocycles. The van der Waals surface area contributed by atoms with Crippen LogP contribution < -0.4 is 5.32 Å². The van der Waals surface area contributed by atoms with Gasteiger partial charge in [0.1, 0.15) is 0 Å². The van der Waals surface area contributed by atoms with Crippen LogP contribution >= 0.6 is 22.9 Å². The van der Waals surface area contributed by atoms with Gasteiger partial charge in [-0.2, -0.15) is 5.10 Å². The number of carbonyl (C=O) groups excluding carboxylic acids is 1. The van der Waals surface area contributed by atoms with Crippen molar-refractivity contribution in [2.24, 2.45) is 0 Å². The second-order valence-electron chi connectivity index (χ2n) is 5.85. The van der Waals surface area contributed by atoms with Gasteiger partial charge in [-0.15, -0.1) is 11.3 Å². The molecule has 3 aromatic rings. The van der Waals surface area contributed by atoms with E-state index in [2.05, 4.69) is 17.3 Å². The molecule has 0 spiro atoms. The van der Waals surface area contributed by atoms with Crippen LogP contribution in [0.4, 0.5) is 0 Å². The standard InChI is InChI=1S/C19H20ClN3OS/c1-3-11-23-16(17-9-10-18(20)25-17)12-15(22-23)19(24)21-13(2)14-7-5-4-6-8-14/h4-10,12-13H,3,11H2,1-2H3,(H,21,24). The van der Waals surface area contributed by atoms with E-state index in [1.807, 2.05) is 60.1 Å². The molecular formula is C19H20ClN3OS. The first kappa shape index (κ1) is 17.7. The summed E-state index contributed by atoms with van der Waals surface area (Å²) in [6, 6.07) is 15.5. The van der Waals surface area contributed by atoms with Crippen molar-refractivity contribution in [2.75, 3.05) is 0 Å². The molecule has 4 nitrogen and oxygen atoms in total. The minimum atomic E-state index is -0.171. The zero-order valence-corrected chi connectivity index (χ0v) is 15.8. The second-order valence-corrected chi connectivity index (χ2v) is 7.56. The summed E-state index contributed by atoms with van der Waals surface area (Å²) in [7, 11) is 0. The van der Waals surface area contributed by atoms with E-state index in [0.29, 0.717) is 5.69 Å². The molecule has 1 N–H and O–H groups in total. The van der Waals surface area contributed by atoms with Crippen molar-refractivity contribution < 1.29 is 4.79 Å². The SMILES string of the molecule is CCCn1nc(C(=O)NC(C)c2ccccc2)cc1-c1ccc(Cl)s1. The zero-order chi connectivity index (χ0) is 17.8. The van der Waals surface area contributed by atoms with Gasteiger partial charge in [0.05, 0.1) is 20.9 Å². The molecule has 0 saturated heterocycles. The van der Waals surface area contributed by atoms with Gasteiger partial charge in [-0.25, -0.2) is 0 Å². The van der Waals surface area contributed by atoms with Crippen molar-refractivity contribution in [1.82, 2.24) is 15.1 Å². The molecule has 0 radical (unpaired) electrons. The fourth-order valence-electron chi connectivity index (χ4n) is 2.66. The topological polar surface area (TPSA) is 46.9 Å². The number of carbonyl (C=O) groups is 1. The first-order chi connectivity index (χ1) is 12.1. The van der Waals surface area contributed by atoms with Crippen LogP contribution in [0.1, 0.15) is 42.4 Å². The Kier molecular flexibility index (Phi) is 5.56. The summed E-state index contributed by atoms with van der Waals surface area (Å²) in [6.07, 6.45) is 0.940. The first-order valence-corrected chi connectivity index (χ1v) is 9.47. The average Bonchev–Trinajstić information content (AvgIpc) is 3.22. The number of nitrogens with one attached hydrogen (secondary N) is 1. The van der Waals surface area contributed by atoms with E-state index < -0.39 is 0 Å². The van der Waals surface area contributed by atoms with Gasteiger partial charge in [-0.05, 0) is 37.1 Å². The molecule has 1 unspecified atom stereocenters. The maximum absolute atomic E-state index is 12.6. The fourth-order valence-corrected chi connectivity index (χ4v) is 3.72. The molecule has 1 amide bonds. The minimum Gasteiger partial charge on any atom is -0.344 e. The molecule has 3 rings (SSSR count). The normalized spacial score (nSPS) is 12.1. The van der Waals surface area contributed by atoms with Crippen LogP contribution in [0.2, 0.25) is 4.34 Å². The highest BCUT2D eigenvalue weighted by Gasteiger charge is 2.18. The number of rotatable bonds is 6. The lowest BCUT2D eigenvalue weighted by Crippen LogP contribution is -2.27. The smallest absolute Gasteiger partial charge is 0.272 e. The van der Waals surface area contributed by atoms with Crippen molar-refractivity contribution in [3.05, 3.63) is 64.1 Å². The maximum atomic E-state index is 12.6. The van der Waals surface area contributed by atoms with E-state index in [1.54, 1.807) is 0 Å². The summed E-state index contributed by atoms with van der Waals surface area (Å²) in [5.74, 6) is -0.171. The number of aryl methyl sites for hydroxylation is 1. The molecule has 0 aliphatic rings. The van der Waals surface area contributed by atoms with E-state index in [1.165, 1.54) is 11.3 Å². The Balaban J connectivity index is 1.83. The van der Waals surface area contributed by atoms with Crippen LogP contribution in [0.15, 0.2) is 48.5 Å². The van der Waals surface area contributed by atoms with E-state index in [4.69, 9.17) is 11.6 Å². The molecule has 130 valence electrons. The van der Waals surface area contributed by atoms with Crippen LogP contribution in [0, 0.1) is 0 Å². The zero-order valence-electron chi connectivity index (χ0n) is 14.2. The lowest BCUT2D eigenvalue weighted by Gasteiger charge is -2.13. The quantitative estimate of drug-likeness (QED) is 0.648. The largest absolute Gasteiger partial charge is 0.344 e. The number of thiophene rings is 1. The Labute approximate surface area is 156 Å². The molecule has 0 aliphatic carbocycles. The Morgan fingerprint density at radius 1 is 1.28 bits per heavy atom. The molecular weight excluding hydrogens is 354 g/mol. The number of hydrogen-bond acceptors (Lipinski definition) is 3. The molecule has 1 aromatic carbocycles. The summed E-state index contributed by atoms with van der Waals surface area (Å²) in [6.45, 7) is 4.81. The van der Waals surface area contributed by atoms with E-state index in [-0.39, 0.29) is 11.9 Å². The Hall–Kier alpha value is -2.11. The maximum Gasteiger partial charge on any atom is 0.272 e. The van der Waals surface area contributed by atoms with Crippen LogP contribution in [-0.4, -0.2) is 15.7 Å². The molecule has 6 heteroatoms. The Morgan fingerprint density at radius 3 is 2.68 bits per heavy atom. The lowest BCUT2D eigenvalue weighted by atomic mass is 10.1. The predicted octanol–water partition coefficient (Wildman–Crippen LogP) is 5.17. The summed E-state index contributed by atoms with van der Waals surface area (Å²) >= 11 is 7.54. The summed E-state index contributed by atoms with van der Waals surface area (Å²) in [5, 5.41) is 7.51. The first-order valence-electron chi connectivity index (χ1n) is 8.28. The van der Waals surface area contributed by atoms with Crippen molar-refractivity contribution in [1.29, 1.82) is 0 Å². The van der Waals surface area contributed by atoms with Gasteiger partial charge < -0.3 is 5.32 Å². The van der Waals surface area contributed by atoms with Crippen molar-refractivity contribution in [3.8, 4) is 10.6 Å². The van der Waals surface area contributed by atoms with E-state index in [9.17, 15) is 4.79 Å². The van der Waals surface area contributed by atoms with Crippen molar-refractivity contribution in [2.45, 2.75) is 32.9 Å². The monoisotopic (exact) mass is 373 g/mol. The third-order valence-corrected chi connectivity index (χ3v) is 5.17. The van der Waals surface area contributed by atoms with Crippen LogP contribution in [0.5, 0.6) is 0 Å². The van der Waals surface area contributed by atoms with Crippen molar-refractivity contribution in [3.63, 3.8) is 0 Å². The number of halogens is 1. The van der Waals surface area contributed by atoms with Crippen LogP contribution in [-0.2, 0) is 6.54 Å². The number of aromatic nitrogens is 2. The lowest BCUT2D eigenvalue weighted by molar-refractivity contribution is 0.0934. The average molecular weight is 374 g/mol. The summed E-state index contributed by atoms with van der Waals surface area (Å²) < 4.78 is 2.60. The molecule has 0 saturated carbocycles. The molecule has 25 heavy (non-hydrogen) atoms. The number of hydrogen-bond donors (Lipinski definition) is 1. The highest BCUT2D eigenvalue weighted by atomic mass is 35.5. The second kappa shape index (κ2) is 7.85. The Morgan fingerprint density at radius 2 is 2.04 bits per heavy atom. The van der Waals surface area contributed by atoms with Gasteiger partial charge >= 0.3 is 0 Å². The summed E-state index contributed by atoms with van der Waals surface area (Å²) in [4.78, 5) is 13.6. The Bertz CT molecular complexity index is 857. The van der Waals surface area contributed by atoms with Gasteiger partial charge in [-0.1, -0.05) is 48.9 Å². The van der Waals surface area contributed by atoms with Gasteiger partial charge in [0, 0.05) is 6.54 Å². The highest BCUT2D eigenvalue weighted by molar-refractivity contribution is 7.19. The number of amides is 1. The summed E-state index contributed by atoms with van der Waals surface area (Å²) in [5.41, 5.74) is 2.42. The van der Waals surface area contributed by atoms with Crippen LogP contribution in [0.25, 0.3) is 10.6 Å². The van der Waals surface area contributed by atoms with Crippen molar-refractivity contribution >= 4 is 28.8 Å². The fraction of sp³-hybridized carbons (Fsp3) is 0.263. The van der Waals surface area contributed by atoms with Gasteiger partial charge in [0.2, 0.25) is 0 Å². The van der Waals surface area contributed by atoms with Gasteiger partial charge in [0.25, 0.3) is 5.91 Å². The minimum absolute atomic E-state index is 0.0790. The van der Waals surface area contributed by atoms with Crippen LogP contribution in [0.3, 0.4) is 0 Å². The number of nitrogens with zero attached hydrogens (tertiary/aromatic N) is 2. The van der Waals surface area contributed by atoms with Gasteiger partial charge in [-0.3, -0.25) is 9.48 Å². The molecule has 0 fully saturated rings. The third kappa shape index (κ3) is 4.11. The number of benzene rings is 1. The van der Waals surface area contributed by atoms with E-state index in [0.717, 1.165) is 33.4 Å². The van der Waals surface area contributed by atoms with Gasteiger partial charge in [0.15, 0.2) is 5.69 Å². The molecule has 0 bridgehead atoms. The third-order valence-electron chi connectivity index (χ3n) is 3.92.